The van der Waals surface area contributed by atoms with Gasteiger partial charge in [0.1, 0.15) is 6.54 Å². The summed E-state index contributed by atoms with van der Waals surface area (Å²) in [5.41, 5.74) is 1.85. The molecule has 23 heavy (non-hydrogen) atoms. The number of nitrogens with zero attached hydrogens (tertiary/aromatic N) is 5. The highest BCUT2D eigenvalue weighted by atomic mass is 16.5. The fourth-order valence-corrected chi connectivity index (χ4v) is 3.34. The lowest BCUT2D eigenvalue weighted by Crippen LogP contribution is -2.46. The molecule has 1 aliphatic rings. The molecule has 0 bridgehead atoms. The van der Waals surface area contributed by atoms with Gasteiger partial charge in [-0.2, -0.15) is 0 Å². The molecule has 1 atom stereocenters. The Kier molecular flexibility index (Phi) is 3.74. The summed E-state index contributed by atoms with van der Waals surface area (Å²) in [4.78, 5) is 14.9. The Labute approximate surface area is 135 Å². The van der Waals surface area contributed by atoms with Gasteiger partial charge in [0.2, 0.25) is 0 Å². The first-order valence-corrected chi connectivity index (χ1v) is 7.95. The lowest BCUT2D eigenvalue weighted by molar-refractivity contribution is 0.0571. The number of amides is 1. The molecule has 0 aromatic carbocycles. The first-order chi connectivity index (χ1) is 10.8. The van der Waals surface area contributed by atoms with E-state index in [1.54, 1.807) is 4.68 Å². The predicted molar refractivity (Wildman–Crippen MR) is 84.0 cm³/mol. The number of carbonyl (C=O) groups excluding carboxylic acids is 1. The standard InChI is InChI=1S/C16H23N5O2/c1-10-8-13(23-18-10)9-20-12(3)14(17-19-20)15(22)21-11(2)6-7-16(21,4)5/h8,11H,6-7,9H2,1-5H3. The van der Waals surface area contributed by atoms with Gasteiger partial charge in [-0.3, -0.25) is 4.79 Å². The highest BCUT2D eigenvalue weighted by Crippen LogP contribution is 2.34. The maximum absolute atomic E-state index is 12.9. The zero-order valence-electron chi connectivity index (χ0n) is 14.3. The first-order valence-electron chi connectivity index (χ1n) is 7.95. The summed E-state index contributed by atoms with van der Waals surface area (Å²) in [7, 11) is 0. The van der Waals surface area contributed by atoms with E-state index in [0.29, 0.717) is 18.0 Å². The van der Waals surface area contributed by atoms with Crippen LogP contribution in [0.2, 0.25) is 0 Å². The van der Waals surface area contributed by atoms with Crippen LogP contribution in [0.4, 0.5) is 0 Å². The van der Waals surface area contributed by atoms with E-state index < -0.39 is 0 Å². The van der Waals surface area contributed by atoms with Gasteiger partial charge < -0.3 is 9.42 Å². The minimum absolute atomic E-state index is 0.0440. The van der Waals surface area contributed by atoms with Crippen LogP contribution in [0, 0.1) is 13.8 Å². The minimum atomic E-state index is -0.144. The van der Waals surface area contributed by atoms with Gasteiger partial charge in [0.05, 0.1) is 11.4 Å². The molecule has 7 nitrogen and oxygen atoms in total. The third-order valence-electron chi connectivity index (χ3n) is 4.65. The number of likely N-dealkylation sites (tertiary alicyclic amines) is 1. The van der Waals surface area contributed by atoms with Crippen LogP contribution in [0.5, 0.6) is 0 Å². The maximum atomic E-state index is 12.9. The van der Waals surface area contributed by atoms with Crippen molar-refractivity contribution in [3.05, 3.63) is 28.9 Å². The van der Waals surface area contributed by atoms with E-state index >= 15 is 0 Å². The van der Waals surface area contributed by atoms with E-state index in [0.717, 1.165) is 24.2 Å². The third-order valence-corrected chi connectivity index (χ3v) is 4.65. The molecule has 1 amide bonds. The van der Waals surface area contributed by atoms with Crippen molar-refractivity contribution in [1.82, 2.24) is 25.1 Å². The highest BCUT2D eigenvalue weighted by Gasteiger charge is 2.41. The average molecular weight is 317 g/mol. The van der Waals surface area contributed by atoms with Gasteiger partial charge in [0.25, 0.3) is 5.91 Å². The molecule has 1 saturated heterocycles. The molecule has 124 valence electrons. The van der Waals surface area contributed by atoms with Gasteiger partial charge in [-0.05, 0) is 47.5 Å². The van der Waals surface area contributed by atoms with E-state index in [1.165, 1.54) is 0 Å². The first kappa shape index (κ1) is 15.7. The largest absolute Gasteiger partial charge is 0.359 e. The van der Waals surface area contributed by atoms with Crippen molar-refractivity contribution >= 4 is 5.91 Å². The van der Waals surface area contributed by atoms with Gasteiger partial charge in [-0.25, -0.2) is 4.68 Å². The Hall–Kier alpha value is -2.18. The van der Waals surface area contributed by atoms with Crippen molar-refractivity contribution < 1.29 is 9.32 Å². The number of aryl methyl sites for hydroxylation is 1. The summed E-state index contributed by atoms with van der Waals surface area (Å²) in [6.07, 6.45) is 2.02. The van der Waals surface area contributed by atoms with E-state index in [-0.39, 0.29) is 17.5 Å². The van der Waals surface area contributed by atoms with Gasteiger partial charge in [-0.1, -0.05) is 10.4 Å². The van der Waals surface area contributed by atoms with E-state index in [2.05, 4.69) is 36.2 Å². The van der Waals surface area contributed by atoms with Crippen molar-refractivity contribution in [2.45, 2.75) is 65.6 Å². The Morgan fingerprint density at radius 1 is 1.43 bits per heavy atom. The SMILES string of the molecule is Cc1cc(Cn2nnc(C(=O)N3C(C)CCC3(C)C)c2C)on1. The van der Waals surface area contributed by atoms with Crippen LogP contribution in [0.3, 0.4) is 0 Å². The van der Waals surface area contributed by atoms with Gasteiger partial charge in [0, 0.05) is 17.6 Å². The molecular formula is C16H23N5O2. The predicted octanol–water partition coefficient (Wildman–Crippen LogP) is 2.33. The molecule has 0 saturated carbocycles. The second kappa shape index (κ2) is 5.47. The molecule has 0 aliphatic carbocycles. The summed E-state index contributed by atoms with van der Waals surface area (Å²) >= 11 is 0. The third kappa shape index (κ3) is 2.75. The van der Waals surface area contributed by atoms with Crippen LogP contribution in [0.1, 0.15) is 61.2 Å². The Morgan fingerprint density at radius 3 is 2.74 bits per heavy atom. The Balaban J connectivity index is 1.85. The summed E-state index contributed by atoms with van der Waals surface area (Å²) in [5, 5.41) is 12.1. The molecule has 7 heteroatoms. The van der Waals surface area contributed by atoms with Crippen LogP contribution >= 0.6 is 0 Å². The number of hydrogen-bond donors (Lipinski definition) is 0. The summed E-state index contributed by atoms with van der Waals surface area (Å²) in [6.45, 7) is 10.4. The fraction of sp³-hybridized carbons (Fsp3) is 0.625. The fourth-order valence-electron chi connectivity index (χ4n) is 3.34. The maximum Gasteiger partial charge on any atom is 0.277 e. The lowest BCUT2D eigenvalue weighted by atomic mass is 10.0. The topological polar surface area (TPSA) is 77.0 Å². The Bertz CT molecular complexity index is 731. The quantitative estimate of drug-likeness (QED) is 0.868. The zero-order valence-corrected chi connectivity index (χ0v) is 14.3. The smallest absolute Gasteiger partial charge is 0.277 e. The van der Waals surface area contributed by atoms with Gasteiger partial charge in [0.15, 0.2) is 11.5 Å². The van der Waals surface area contributed by atoms with Crippen LogP contribution in [-0.4, -0.2) is 42.5 Å². The van der Waals surface area contributed by atoms with Crippen molar-refractivity contribution in [2.75, 3.05) is 0 Å². The molecule has 3 heterocycles. The molecule has 0 radical (unpaired) electrons. The van der Waals surface area contributed by atoms with Crippen LogP contribution < -0.4 is 0 Å². The van der Waals surface area contributed by atoms with E-state index in [1.807, 2.05) is 24.8 Å². The number of hydrogen-bond acceptors (Lipinski definition) is 5. The lowest BCUT2D eigenvalue weighted by Gasteiger charge is -2.34. The van der Waals surface area contributed by atoms with Crippen molar-refractivity contribution in [2.24, 2.45) is 0 Å². The summed E-state index contributed by atoms with van der Waals surface area (Å²) in [5.74, 6) is 0.655. The van der Waals surface area contributed by atoms with Crippen LogP contribution in [0.15, 0.2) is 10.6 Å². The molecule has 1 unspecified atom stereocenters. The second-order valence-electron chi connectivity index (χ2n) is 6.99. The molecule has 0 spiro atoms. The molecule has 2 aromatic rings. The monoisotopic (exact) mass is 317 g/mol. The summed E-state index contributed by atoms with van der Waals surface area (Å²) in [6, 6.07) is 2.08. The number of carbonyl (C=O) groups is 1. The van der Waals surface area contributed by atoms with Crippen molar-refractivity contribution in [1.29, 1.82) is 0 Å². The average Bonchev–Trinajstić information content (AvgIpc) is 3.11. The summed E-state index contributed by atoms with van der Waals surface area (Å²) < 4.78 is 6.89. The number of rotatable bonds is 3. The normalized spacial score (nSPS) is 20.2. The van der Waals surface area contributed by atoms with E-state index in [4.69, 9.17) is 4.52 Å². The highest BCUT2D eigenvalue weighted by molar-refractivity contribution is 5.94. The second-order valence-corrected chi connectivity index (χ2v) is 6.99. The molecular weight excluding hydrogens is 294 g/mol. The molecule has 1 fully saturated rings. The molecule has 2 aromatic heterocycles. The van der Waals surface area contributed by atoms with Crippen LogP contribution in [-0.2, 0) is 6.54 Å². The Morgan fingerprint density at radius 2 is 2.17 bits per heavy atom. The van der Waals surface area contributed by atoms with Crippen molar-refractivity contribution in [3.8, 4) is 0 Å². The molecule has 3 rings (SSSR count). The minimum Gasteiger partial charge on any atom is -0.359 e. The molecule has 0 N–H and O–H groups in total. The van der Waals surface area contributed by atoms with Crippen LogP contribution in [0.25, 0.3) is 0 Å². The van der Waals surface area contributed by atoms with Gasteiger partial charge >= 0.3 is 0 Å². The zero-order chi connectivity index (χ0) is 16.8. The van der Waals surface area contributed by atoms with E-state index in [9.17, 15) is 4.79 Å². The number of aromatic nitrogens is 4. The molecule has 1 aliphatic heterocycles. The van der Waals surface area contributed by atoms with Crippen molar-refractivity contribution in [3.63, 3.8) is 0 Å². The van der Waals surface area contributed by atoms with Gasteiger partial charge in [-0.15, -0.1) is 5.10 Å².